The number of aryl methyl sites for hydroxylation is 2. The second kappa shape index (κ2) is 6.16. The molecule has 0 radical (unpaired) electrons. The van der Waals surface area contributed by atoms with Crippen LogP contribution in [-0.2, 0) is 6.42 Å². The van der Waals surface area contributed by atoms with Gasteiger partial charge in [0.15, 0.2) is 0 Å². The highest BCUT2D eigenvalue weighted by molar-refractivity contribution is 6.04. The van der Waals surface area contributed by atoms with E-state index in [4.69, 9.17) is 5.73 Å². The number of carbonyl (C=O) groups is 2. The number of fused-ring (bicyclic) bond motifs is 1. The summed E-state index contributed by atoms with van der Waals surface area (Å²) in [6.45, 7) is 3.95. The molecule has 0 fully saturated rings. The van der Waals surface area contributed by atoms with Crippen LogP contribution in [0.1, 0.15) is 39.0 Å². The number of rotatable bonds is 4. The van der Waals surface area contributed by atoms with Crippen molar-refractivity contribution in [3.05, 3.63) is 65.1 Å². The van der Waals surface area contributed by atoms with Crippen LogP contribution in [0.4, 0.5) is 5.69 Å². The first kappa shape index (κ1) is 15.7. The average molecular weight is 322 g/mol. The summed E-state index contributed by atoms with van der Waals surface area (Å²) in [5.74, 6) is -0.742. The monoisotopic (exact) mass is 322 g/mol. The number of amides is 2. The lowest BCUT2D eigenvalue weighted by atomic mass is 10.2. The van der Waals surface area contributed by atoms with Crippen LogP contribution in [0.3, 0.4) is 0 Å². The summed E-state index contributed by atoms with van der Waals surface area (Å²) in [6.07, 6.45) is 2.51. The zero-order chi connectivity index (χ0) is 17.3. The van der Waals surface area contributed by atoms with Gasteiger partial charge in [-0.1, -0.05) is 6.92 Å². The van der Waals surface area contributed by atoms with Crippen molar-refractivity contribution in [1.29, 1.82) is 0 Å². The third-order valence-electron chi connectivity index (χ3n) is 3.83. The van der Waals surface area contributed by atoms with Crippen LogP contribution in [-0.4, -0.2) is 21.2 Å². The molecular formula is C18H18N4O2. The summed E-state index contributed by atoms with van der Waals surface area (Å²) in [4.78, 5) is 28.3. The van der Waals surface area contributed by atoms with Crippen molar-refractivity contribution in [1.82, 2.24) is 9.38 Å². The van der Waals surface area contributed by atoms with E-state index in [1.807, 2.05) is 32.2 Å². The predicted octanol–water partition coefficient (Wildman–Crippen LogP) is 2.56. The van der Waals surface area contributed by atoms with Crippen LogP contribution in [0.25, 0.3) is 5.65 Å². The molecule has 0 unspecified atom stereocenters. The van der Waals surface area contributed by atoms with Crippen LogP contribution in [0.15, 0.2) is 42.6 Å². The molecule has 0 aliphatic carbocycles. The van der Waals surface area contributed by atoms with Crippen molar-refractivity contribution in [2.75, 3.05) is 5.32 Å². The number of nitrogens with one attached hydrogen (secondary N) is 1. The highest BCUT2D eigenvalue weighted by Gasteiger charge is 2.18. The van der Waals surface area contributed by atoms with Crippen LogP contribution in [0, 0.1) is 6.92 Å². The highest BCUT2D eigenvalue weighted by Crippen LogP contribution is 2.17. The summed E-state index contributed by atoms with van der Waals surface area (Å²) < 4.78 is 1.79. The second-order valence-corrected chi connectivity index (χ2v) is 5.59. The number of primary amides is 1. The van der Waals surface area contributed by atoms with Gasteiger partial charge < -0.3 is 11.1 Å². The highest BCUT2D eigenvalue weighted by atomic mass is 16.2. The van der Waals surface area contributed by atoms with Gasteiger partial charge in [-0.3, -0.25) is 14.0 Å². The minimum atomic E-state index is -0.502. The Morgan fingerprint density at radius 3 is 2.54 bits per heavy atom. The van der Waals surface area contributed by atoms with Crippen LogP contribution < -0.4 is 11.1 Å². The number of hydrogen-bond acceptors (Lipinski definition) is 3. The Labute approximate surface area is 139 Å². The van der Waals surface area contributed by atoms with Crippen molar-refractivity contribution < 1.29 is 9.59 Å². The van der Waals surface area contributed by atoms with Gasteiger partial charge in [-0.25, -0.2) is 4.98 Å². The summed E-state index contributed by atoms with van der Waals surface area (Å²) in [5.41, 5.74) is 9.30. The van der Waals surface area contributed by atoms with E-state index >= 15 is 0 Å². The molecule has 122 valence electrons. The molecule has 6 heteroatoms. The van der Waals surface area contributed by atoms with Gasteiger partial charge in [0.2, 0.25) is 5.91 Å². The standard InChI is InChI=1S/C18H18N4O2/c1-3-14-16(22-9-8-11(2)10-15(22)21-14)18(24)20-13-6-4-12(5-7-13)17(19)23/h4-10H,3H2,1-2H3,(H2,19,23)(H,20,24). The summed E-state index contributed by atoms with van der Waals surface area (Å²) in [5, 5.41) is 2.84. The van der Waals surface area contributed by atoms with Crippen LogP contribution >= 0.6 is 0 Å². The van der Waals surface area contributed by atoms with E-state index < -0.39 is 5.91 Å². The minimum absolute atomic E-state index is 0.241. The van der Waals surface area contributed by atoms with Crippen molar-refractivity contribution in [3.8, 4) is 0 Å². The number of pyridine rings is 1. The normalized spacial score (nSPS) is 10.8. The lowest BCUT2D eigenvalue weighted by Crippen LogP contribution is -2.16. The maximum Gasteiger partial charge on any atom is 0.274 e. The van der Waals surface area contributed by atoms with Crippen molar-refractivity contribution in [2.45, 2.75) is 20.3 Å². The van der Waals surface area contributed by atoms with E-state index in [0.29, 0.717) is 23.4 Å². The SMILES string of the molecule is CCc1nc2cc(C)ccn2c1C(=O)Nc1ccc(C(N)=O)cc1. The fourth-order valence-electron chi connectivity index (χ4n) is 2.59. The zero-order valence-corrected chi connectivity index (χ0v) is 13.5. The maximum absolute atomic E-state index is 12.7. The number of hydrogen-bond donors (Lipinski definition) is 2. The first-order valence-corrected chi connectivity index (χ1v) is 7.68. The fraction of sp³-hybridized carbons (Fsp3) is 0.167. The van der Waals surface area contributed by atoms with E-state index in [2.05, 4.69) is 10.3 Å². The molecular weight excluding hydrogens is 304 g/mol. The lowest BCUT2D eigenvalue weighted by Gasteiger charge is -2.07. The second-order valence-electron chi connectivity index (χ2n) is 5.59. The number of benzene rings is 1. The van der Waals surface area contributed by atoms with Crippen molar-refractivity contribution in [3.63, 3.8) is 0 Å². The van der Waals surface area contributed by atoms with Gasteiger partial charge in [0.05, 0.1) is 5.69 Å². The Kier molecular flexibility index (Phi) is 4.04. The molecule has 3 aromatic rings. The van der Waals surface area contributed by atoms with E-state index in [1.165, 1.54) is 0 Å². The Bertz CT molecular complexity index is 926. The molecule has 2 heterocycles. The molecule has 0 saturated heterocycles. The summed E-state index contributed by atoms with van der Waals surface area (Å²) >= 11 is 0. The van der Waals surface area contributed by atoms with Crippen molar-refractivity contribution in [2.24, 2.45) is 5.73 Å². The van der Waals surface area contributed by atoms with E-state index in [-0.39, 0.29) is 5.91 Å². The quantitative estimate of drug-likeness (QED) is 0.773. The van der Waals surface area contributed by atoms with Gasteiger partial charge in [0, 0.05) is 17.4 Å². The van der Waals surface area contributed by atoms with Gasteiger partial charge >= 0.3 is 0 Å². The van der Waals surface area contributed by atoms with Gasteiger partial charge in [0.1, 0.15) is 11.3 Å². The fourth-order valence-corrected chi connectivity index (χ4v) is 2.59. The Morgan fingerprint density at radius 1 is 1.21 bits per heavy atom. The molecule has 3 rings (SSSR count). The minimum Gasteiger partial charge on any atom is -0.366 e. The molecule has 2 aromatic heterocycles. The number of aromatic nitrogens is 2. The summed E-state index contributed by atoms with van der Waals surface area (Å²) in [6, 6.07) is 10.3. The molecule has 1 aromatic carbocycles. The molecule has 2 amide bonds. The van der Waals surface area contributed by atoms with E-state index in [1.54, 1.807) is 28.7 Å². The zero-order valence-electron chi connectivity index (χ0n) is 13.5. The first-order chi connectivity index (χ1) is 11.5. The van der Waals surface area contributed by atoms with E-state index in [0.717, 1.165) is 16.9 Å². The molecule has 0 spiro atoms. The topological polar surface area (TPSA) is 89.5 Å². The number of anilines is 1. The third-order valence-corrected chi connectivity index (χ3v) is 3.83. The number of imidazole rings is 1. The van der Waals surface area contributed by atoms with Gasteiger partial charge in [-0.05, 0) is 55.3 Å². The lowest BCUT2D eigenvalue weighted by molar-refractivity contribution is 0.0997. The summed E-state index contributed by atoms with van der Waals surface area (Å²) in [7, 11) is 0. The Hall–Kier alpha value is -3.15. The van der Waals surface area contributed by atoms with Crippen molar-refractivity contribution >= 4 is 23.1 Å². The van der Waals surface area contributed by atoms with E-state index in [9.17, 15) is 9.59 Å². The molecule has 0 aliphatic rings. The first-order valence-electron chi connectivity index (χ1n) is 7.68. The number of carbonyl (C=O) groups excluding carboxylic acids is 2. The average Bonchev–Trinajstić information content (AvgIpc) is 2.92. The molecule has 0 aliphatic heterocycles. The maximum atomic E-state index is 12.7. The molecule has 0 bridgehead atoms. The smallest absolute Gasteiger partial charge is 0.274 e. The Morgan fingerprint density at radius 2 is 1.92 bits per heavy atom. The molecule has 24 heavy (non-hydrogen) atoms. The predicted molar refractivity (Wildman–Crippen MR) is 92.2 cm³/mol. The van der Waals surface area contributed by atoms with Gasteiger partial charge in [-0.15, -0.1) is 0 Å². The third kappa shape index (κ3) is 2.86. The Balaban J connectivity index is 1.94. The molecule has 3 N–H and O–H groups in total. The number of nitrogens with two attached hydrogens (primary N) is 1. The molecule has 6 nitrogen and oxygen atoms in total. The molecule has 0 atom stereocenters. The number of nitrogens with zero attached hydrogens (tertiary/aromatic N) is 2. The van der Waals surface area contributed by atoms with Crippen LogP contribution in [0.5, 0.6) is 0 Å². The van der Waals surface area contributed by atoms with Gasteiger partial charge in [0.25, 0.3) is 5.91 Å². The van der Waals surface area contributed by atoms with Crippen LogP contribution in [0.2, 0.25) is 0 Å². The molecule has 0 saturated carbocycles. The largest absolute Gasteiger partial charge is 0.366 e. The van der Waals surface area contributed by atoms with Gasteiger partial charge in [-0.2, -0.15) is 0 Å².